The van der Waals surface area contributed by atoms with E-state index in [1.807, 2.05) is 0 Å². The van der Waals surface area contributed by atoms with E-state index in [9.17, 15) is 30.3 Å². The van der Waals surface area contributed by atoms with Crippen molar-refractivity contribution < 1.29 is 14.8 Å². The number of nitro groups is 3. The highest BCUT2D eigenvalue weighted by molar-refractivity contribution is 5.91. The molecule has 1 rings (SSSR count). The molecule has 0 N–H and O–H groups in total. The Labute approximate surface area is 111 Å². The molecule has 0 amide bonds. The van der Waals surface area contributed by atoms with Gasteiger partial charge in [-0.25, -0.2) is 0 Å². The van der Waals surface area contributed by atoms with Crippen molar-refractivity contribution in [1.29, 1.82) is 0 Å². The molecule has 0 spiro atoms. The first-order chi connectivity index (χ1) is 9.23. The molecule has 0 aromatic heterocycles. The van der Waals surface area contributed by atoms with Crippen molar-refractivity contribution in [2.24, 2.45) is 5.10 Å². The number of non-ortho nitro benzene ring substituents is 1. The number of nitrogens with zero attached hydrogens (tertiary/aromatic N) is 5. The van der Waals surface area contributed by atoms with E-state index in [4.69, 9.17) is 0 Å². The maximum absolute atomic E-state index is 10.9. The molecule has 0 heterocycles. The predicted octanol–water partition coefficient (Wildman–Crippen LogP) is 1.31. The summed E-state index contributed by atoms with van der Waals surface area (Å²) < 4.78 is 0. The van der Waals surface area contributed by atoms with Gasteiger partial charge in [-0.05, 0) is 0 Å². The molecule has 0 radical (unpaired) electrons. The second-order valence-electron chi connectivity index (χ2n) is 3.76. The van der Waals surface area contributed by atoms with Crippen molar-refractivity contribution in [3.8, 4) is 0 Å². The number of nitro benzene ring substituents is 3. The predicted molar refractivity (Wildman–Crippen MR) is 67.7 cm³/mol. The van der Waals surface area contributed by atoms with Crippen molar-refractivity contribution in [2.45, 2.75) is 0 Å². The Morgan fingerprint density at radius 3 is 1.75 bits per heavy atom. The van der Waals surface area contributed by atoms with Crippen LogP contribution in [0.3, 0.4) is 0 Å². The highest BCUT2D eigenvalue weighted by atomic mass is 16.6. The highest BCUT2D eigenvalue weighted by Gasteiger charge is 2.29. The standard InChI is InChI=1S/C9H9N5O6/c1-11(2)10-5-7-8(13(17)18)3-6(12(15)16)4-9(7)14(19)20/h3-5H,1-2H3/b10-5+. The van der Waals surface area contributed by atoms with Crippen LogP contribution in [-0.4, -0.2) is 40.1 Å². The molecule has 0 bridgehead atoms. The summed E-state index contributed by atoms with van der Waals surface area (Å²) in [6.07, 6.45) is 0.917. The van der Waals surface area contributed by atoms with E-state index in [0.717, 1.165) is 6.21 Å². The summed E-state index contributed by atoms with van der Waals surface area (Å²) in [5.74, 6) is 0. The van der Waals surface area contributed by atoms with Crippen LogP contribution in [0.5, 0.6) is 0 Å². The van der Waals surface area contributed by atoms with Gasteiger partial charge < -0.3 is 5.01 Å². The fourth-order valence-electron chi connectivity index (χ4n) is 1.32. The van der Waals surface area contributed by atoms with Crippen LogP contribution in [-0.2, 0) is 0 Å². The van der Waals surface area contributed by atoms with Gasteiger partial charge >= 0.3 is 0 Å². The monoisotopic (exact) mass is 283 g/mol. The maximum Gasteiger partial charge on any atom is 0.292 e. The van der Waals surface area contributed by atoms with Gasteiger partial charge in [0.25, 0.3) is 17.1 Å². The molecule has 11 heteroatoms. The molecule has 0 saturated heterocycles. The first kappa shape index (κ1) is 14.9. The number of hydrogen-bond acceptors (Lipinski definition) is 8. The van der Waals surface area contributed by atoms with E-state index in [1.54, 1.807) is 0 Å². The molecule has 1 aromatic carbocycles. The summed E-state index contributed by atoms with van der Waals surface area (Å²) in [5, 5.41) is 37.4. The van der Waals surface area contributed by atoms with E-state index in [0.29, 0.717) is 12.1 Å². The van der Waals surface area contributed by atoms with Crippen molar-refractivity contribution >= 4 is 23.3 Å². The van der Waals surface area contributed by atoms with Gasteiger partial charge in [0.15, 0.2) is 5.56 Å². The van der Waals surface area contributed by atoms with Gasteiger partial charge in [0, 0.05) is 14.1 Å². The molecule has 0 atom stereocenters. The lowest BCUT2D eigenvalue weighted by Gasteiger charge is -2.03. The zero-order chi connectivity index (χ0) is 15.4. The second kappa shape index (κ2) is 5.69. The molecule has 0 saturated carbocycles. The van der Waals surface area contributed by atoms with Crippen LogP contribution >= 0.6 is 0 Å². The molecule has 11 nitrogen and oxygen atoms in total. The lowest BCUT2D eigenvalue weighted by atomic mass is 10.1. The number of rotatable bonds is 5. The van der Waals surface area contributed by atoms with E-state index in [-0.39, 0.29) is 0 Å². The van der Waals surface area contributed by atoms with Crippen molar-refractivity contribution in [3.05, 3.63) is 48.0 Å². The summed E-state index contributed by atoms with van der Waals surface area (Å²) in [7, 11) is 3.03. The van der Waals surface area contributed by atoms with Crippen LogP contribution in [0, 0.1) is 30.3 Å². The van der Waals surface area contributed by atoms with Gasteiger partial charge in [0.2, 0.25) is 0 Å². The Kier molecular flexibility index (Phi) is 4.25. The molecule has 1 aromatic rings. The summed E-state index contributed by atoms with van der Waals surface area (Å²) in [4.78, 5) is 29.6. The summed E-state index contributed by atoms with van der Waals surface area (Å²) in [5.41, 5.74) is -2.64. The maximum atomic E-state index is 10.9. The Morgan fingerprint density at radius 2 is 1.45 bits per heavy atom. The Bertz CT molecular complexity index is 576. The van der Waals surface area contributed by atoms with Crippen LogP contribution in [0.25, 0.3) is 0 Å². The van der Waals surface area contributed by atoms with Crippen molar-refractivity contribution in [1.82, 2.24) is 5.01 Å². The van der Waals surface area contributed by atoms with Crippen LogP contribution in [0.15, 0.2) is 17.2 Å². The summed E-state index contributed by atoms with van der Waals surface area (Å²) >= 11 is 0. The number of benzene rings is 1. The molecule has 106 valence electrons. The van der Waals surface area contributed by atoms with E-state index < -0.39 is 37.4 Å². The first-order valence-electron chi connectivity index (χ1n) is 5.06. The summed E-state index contributed by atoms with van der Waals surface area (Å²) in [6.45, 7) is 0. The number of hydrazone groups is 1. The largest absolute Gasteiger partial charge is 0.303 e. The van der Waals surface area contributed by atoms with Gasteiger partial charge in [-0.15, -0.1) is 0 Å². The van der Waals surface area contributed by atoms with E-state index in [1.165, 1.54) is 19.1 Å². The number of hydrogen-bond donors (Lipinski definition) is 0. The first-order valence-corrected chi connectivity index (χ1v) is 5.06. The molecule has 0 aliphatic rings. The van der Waals surface area contributed by atoms with Gasteiger partial charge in [-0.3, -0.25) is 30.3 Å². The van der Waals surface area contributed by atoms with Crippen LogP contribution < -0.4 is 0 Å². The minimum Gasteiger partial charge on any atom is -0.303 e. The molecular formula is C9H9N5O6. The lowest BCUT2D eigenvalue weighted by molar-refractivity contribution is -0.403. The fourth-order valence-corrected chi connectivity index (χ4v) is 1.32. The Morgan fingerprint density at radius 1 is 1.00 bits per heavy atom. The van der Waals surface area contributed by atoms with Gasteiger partial charge in [-0.2, -0.15) is 5.10 Å². The molecule has 0 aliphatic heterocycles. The quantitative estimate of drug-likeness (QED) is 0.449. The zero-order valence-corrected chi connectivity index (χ0v) is 10.4. The van der Waals surface area contributed by atoms with Gasteiger partial charge in [0.1, 0.15) is 0 Å². The Hall–Kier alpha value is -3.11. The third-order valence-corrected chi connectivity index (χ3v) is 2.14. The molecular weight excluding hydrogens is 274 g/mol. The third kappa shape index (κ3) is 3.22. The molecule has 0 unspecified atom stereocenters. The topological polar surface area (TPSA) is 145 Å². The van der Waals surface area contributed by atoms with Crippen LogP contribution in [0.2, 0.25) is 0 Å². The fraction of sp³-hybridized carbons (Fsp3) is 0.222. The minimum atomic E-state index is -0.938. The van der Waals surface area contributed by atoms with Crippen LogP contribution in [0.4, 0.5) is 17.1 Å². The lowest BCUT2D eigenvalue weighted by Crippen LogP contribution is -2.06. The van der Waals surface area contributed by atoms with Crippen molar-refractivity contribution in [2.75, 3.05) is 14.1 Å². The van der Waals surface area contributed by atoms with Gasteiger partial charge in [-0.1, -0.05) is 0 Å². The third-order valence-electron chi connectivity index (χ3n) is 2.14. The average molecular weight is 283 g/mol. The summed E-state index contributed by atoms with van der Waals surface area (Å²) in [6, 6.07) is 1.31. The zero-order valence-electron chi connectivity index (χ0n) is 10.4. The van der Waals surface area contributed by atoms with Crippen LogP contribution in [0.1, 0.15) is 5.56 Å². The smallest absolute Gasteiger partial charge is 0.292 e. The average Bonchev–Trinajstić information content (AvgIpc) is 2.34. The SMILES string of the molecule is CN(C)/N=C/c1c([N+](=O)[O-])cc([N+](=O)[O-])cc1[N+](=O)[O-]. The Balaban J connectivity index is 3.63. The van der Waals surface area contributed by atoms with E-state index >= 15 is 0 Å². The second-order valence-corrected chi connectivity index (χ2v) is 3.76. The molecule has 0 aliphatic carbocycles. The normalized spacial score (nSPS) is 10.5. The van der Waals surface area contributed by atoms with Crippen molar-refractivity contribution in [3.63, 3.8) is 0 Å². The van der Waals surface area contributed by atoms with Gasteiger partial charge in [0.05, 0.1) is 33.1 Å². The van der Waals surface area contributed by atoms with E-state index in [2.05, 4.69) is 5.10 Å². The molecule has 0 fully saturated rings. The molecule has 20 heavy (non-hydrogen) atoms. The highest BCUT2D eigenvalue weighted by Crippen LogP contribution is 2.32. The minimum absolute atomic E-state index is 0.403.